The first-order valence-electron chi connectivity index (χ1n) is 9.87. The number of hydrogen-bond donors (Lipinski definition) is 1. The van der Waals surface area contributed by atoms with E-state index < -0.39 is 5.25 Å². The molecule has 2 aromatic carbocycles. The molecule has 0 aliphatic carbocycles. The molecule has 0 spiro atoms. The van der Waals surface area contributed by atoms with Crippen molar-refractivity contribution in [2.75, 3.05) is 5.32 Å². The minimum atomic E-state index is -0.561. The Labute approximate surface area is 200 Å². The van der Waals surface area contributed by atoms with E-state index in [1.165, 1.54) is 11.8 Å². The van der Waals surface area contributed by atoms with Gasteiger partial charge in [0.2, 0.25) is 5.91 Å². The molecular weight excluding hydrogens is 465 g/mol. The second kappa shape index (κ2) is 10.2. The van der Waals surface area contributed by atoms with Gasteiger partial charge in [-0.15, -0.1) is 10.2 Å². The molecule has 1 amide bonds. The Morgan fingerprint density at radius 1 is 1.03 bits per heavy atom. The molecule has 9 heteroatoms. The first kappa shape index (κ1) is 22.3. The third-order valence-corrected chi connectivity index (χ3v) is 6.34. The third-order valence-electron chi connectivity index (χ3n) is 4.67. The quantitative estimate of drug-likeness (QED) is 0.319. The molecule has 2 heterocycles. The van der Waals surface area contributed by atoms with E-state index in [0.717, 1.165) is 17.0 Å². The number of carbonyl (C=O) groups excluding carboxylic acids is 1. The molecule has 1 unspecified atom stereocenters. The summed E-state index contributed by atoms with van der Waals surface area (Å²) in [5.41, 5.74) is 2.29. The van der Waals surface area contributed by atoms with Gasteiger partial charge in [0.15, 0.2) is 11.0 Å². The monoisotopic (exact) mass is 483 g/mol. The Morgan fingerprint density at radius 2 is 1.72 bits per heavy atom. The normalized spacial score (nSPS) is 11.8. The highest BCUT2D eigenvalue weighted by molar-refractivity contribution is 8.00. The molecule has 4 aromatic rings. The van der Waals surface area contributed by atoms with Crippen LogP contribution in [0, 0.1) is 0 Å². The minimum Gasteiger partial charge on any atom is -0.325 e. The van der Waals surface area contributed by atoms with Crippen molar-refractivity contribution in [1.82, 2.24) is 19.7 Å². The Balaban J connectivity index is 1.66. The highest BCUT2D eigenvalue weighted by atomic mass is 35.5. The van der Waals surface area contributed by atoms with Crippen LogP contribution in [0.15, 0.2) is 78.2 Å². The molecule has 0 aliphatic rings. The summed E-state index contributed by atoms with van der Waals surface area (Å²) in [6, 6.07) is 18.3. The molecule has 0 fully saturated rings. The van der Waals surface area contributed by atoms with Gasteiger partial charge in [0.1, 0.15) is 5.25 Å². The highest BCUT2D eigenvalue weighted by Crippen LogP contribution is 2.37. The summed E-state index contributed by atoms with van der Waals surface area (Å²) in [6.45, 7) is 2.67. The number of halogens is 2. The zero-order valence-corrected chi connectivity index (χ0v) is 19.4. The number of aromatic nitrogens is 4. The van der Waals surface area contributed by atoms with Crippen molar-refractivity contribution in [3.63, 3.8) is 0 Å². The first-order chi connectivity index (χ1) is 15.5. The van der Waals surface area contributed by atoms with Gasteiger partial charge in [0, 0.05) is 40.2 Å². The van der Waals surface area contributed by atoms with Gasteiger partial charge in [-0.1, -0.05) is 65.3 Å². The Kier molecular flexibility index (Phi) is 7.09. The van der Waals surface area contributed by atoms with E-state index in [-0.39, 0.29) is 5.91 Å². The summed E-state index contributed by atoms with van der Waals surface area (Å²) < 4.78 is 1.99. The van der Waals surface area contributed by atoms with Crippen molar-refractivity contribution in [3.8, 4) is 11.4 Å². The minimum absolute atomic E-state index is 0.212. The molecule has 0 aliphatic heterocycles. The van der Waals surface area contributed by atoms with E-state index in [9.17, 15) is 4.79 Å². The summed E-state index contributed by atoms with van der Waals surface area (Å²) in [6.07, 6.45) is 3.43. The molecule has 1 atom stereocenters. The largest absolute Gasteiger partial charge is 0.325 e. The highest BCUT2D eigenvalue weighted by Gasteiger charge is 2.26. The van der Waals surface area contributed by atoms with Crippen LogP contribution in [0.5, 0.6) is 0 Å². The lowest BCUT2D eigenvalue weighted by molar-refractivity contribution is -0.115. The Morgan fingerprint density at radius 3 is 2.38 bits per heavy atom. The van der Waals surface area contributed by atoms with Gasteiger partial charge >= 0.3 is 0 Å². The number of thioether (sulfide) groups is 1. The van der Waals surface area contributed by atoms with Crippen LogP contribution in [0.3, 0.4) is 0 Å². The summed E-state index contributed by atoms with van der Waals surface area (Å²) in [7, 11) is 0. The van der Waals surface area contributed by atoms with Crippen LogP contribution >= 0.6 is 35.0 Å². The molecule has 6 nitrogen and oxygen atoms in total. The Bertz CT molecular complexity index is 1200. The molecular formula is C23H19Cl2N5OS. The number of hydrogen-bond acceptors (Lipinski definition) is 5. The molecule has 0 radical (unpaired) electrons. The SMILES string of the molecule is CCn1c(SC(C(=O)Nc2cc(Cl)cc(Cl)c2)c2ccccc2)nnc1-c1ccncc1. The number of nitrogens with zero attached hydrogens (tertiary/aromatic N) is 4. The lowest BCUT2D eigenvalue weighted by Gasteiger charge is -2.17. The predicted octanol–water partition coefficient (Wildman–Crippen LogP) is 6.14. The average Bonchev–Trinajstić information content (AvgIpc) is 3.20. The van der Waals surface area contributed by atoms with Crippen molar-refractivity contribution < 1.29 is 4.79 Å². The lowest BCUT2D eigenvalue weighted by Crippen LogP contribution is -2.19. The van der Waals surface area contributed by atoms with Gasteiger partial charge in [-0.3, -0.25) is 9.78 Å². The smallest absolute Gasteiger partial charge is 0.242 e. The fraction of sp³-hybridized carbons (Fsp3) is 0.130. The number of benzene rings is 2. The van der Waals surface area contributed by atoms with Crippen LogP contribution in [0.25, 0.3) is 11.4 Å². The van der Waals surface area contributed by atoms with E-state index >= 15 is 0 Å². The maximum absolute atomic E-state index is 13.3. The standard InChI is InChI=1S/C23H19Cl2N5OS/c1-2-30-21(16-8-10-26-11-9-16)28-29-23(30)32-20(15-6-4-3-5-7-15)22(31)27-19-13-17(24)12-18(25)14-19/h3-14,20H,2H2,1H3,(H,27,31). The molecule has 162 valence electrons. The molecule has 4 rings (SSSR count). The number of nitrogens with one attached hydrogen (secondary N) is 1. The van der Waals surface area contributed by atoms with Crippen molar-refractivity contribution in [2.45, 2.75) is 23.9 Å². The van der Waals surface area contributed by atoms with Gasteiger partial charge in [-0.05, 0) is 42.8 Å². The third kappa shape index (κ3) is 5.12. The van der Waals surface area contributed by atoms with Gasteiger partial charge in [0.05, 0.1) is 0 Å². The predicted molar refractivity (Wildman–Crippen MR) is 129 cm³/mol. The molecule has 2 aromatic heterocycles. The van der Waals surface area contributed by atoms with Crippen LogP contribution in [0.1, 0.15) is 17.7 Å². The molecule has 0 saturated heterocycles. The van der Waals surface area contributed by atoms with Crippen LogP contribution < -0.4 is 5.32 Å². The molecule has 0 bridgehead atoms. The van der Waals surface area contributed by atoms with Crippen molar-refractivity contribution in [1.29, 1.82) is 0 Å². The Hall–Kier alpha value is -2.87. The number of amides is 1. The lowest BCUT2D eigenvalue weighted by atomic mass is 10.1. The van der Waals surface area contributed by atoms with Gasteiger partial charge in [0.25, 0.3) is 0 Å². The van der Waals surface area contributed by atoms with Crippen LogP contribution in [-0.2, 0) is 11.3 Å². The average molecular weight is 484 g/mol. The number of pyridine rings is 1. The molecule has 0 saturated carbocycles. The summed E-state index contributed by atoms with van der Waals surface area (Å²) in [5.74, 6) is 0.516. The topological polar surface area (TPSA) is 72.7 Å². The fourth-order valence-electron chi connectivity index (χ4n) is 3.22. The van der Waals surface area contributed by atoms with Gasteiger partial charge < -0.3 is 9.88 Å². The fourth-order valence-corrected chi connectivity index (χ4v) is 4.84. The van der Waals surface area contributed by atoms with E-state index in [0.29, 0.717) is 27.4 Å². The van der Waals surface area contributed by atoms with Crippen LogP contribution in [0.4, 0.5) is 5.69 Å². The second-order valence-corrected chi connectivity index (χ2v) is 8.79. The zero-order chi connectivity index (χ0) is 22.5. The van der Waals surface area contributed by atoms with E-state index in [1.54, 1.807) is 30.6 Å². The van der Waals surface area contributed by atoms with E-state index in [2.05, 4.69) is 20.5 Å². The van der Waals surface area contributed by atoms with Crippen molar-refractivity contribution in [2.24, 2.45) is 0 Å². The molecule has 32 heavy (non-hydrogen) atoms. The molecule has 1 N–H and O–H groups in total. The summed E-state index contributed by atoms with van der Waals surface area (Å²) in [4.78, 5) is 17.4. The second-order valence-electron chi connectivity index (χ2n) is 6.84. The van der Waals surface area contributed by atoms with Crippen molar-refractivity contribution >= 4 is 46.6 Å². The maximum Gasteiger partial charge on any atom is 0.242 e. The summed E-state index contributed by atoms with van der Waals surface area (Å²) >= 11 is 13.5. The van der Waals surface area contributed by atoms with Gasteiger partial charge in [-0.2, -0.15) is 0 Å². The zero-order valence-electron chi connectivity index (χ0n) is 17.1. The summed E-state index contributed by atoms with van der Waals surface area (Å²) in [5, 5.41) is 12.7. The van der Waals surface area contributed by atoms with Crippen LogP contribution in [0.2, 0.25) is 10.0 Å². The van der Waals surface area contributed by atoms with E-state index in [1.807, 2.05) is 54.0 Å². The number of anilines is 1. The number of carbonyl (C=O) groups is 1. The maximum atomic E-state index is 13.3. The van der Waals surface area contributed by atoms with Crippen LogP contribution in [-0.4, -0.2) is 25.7 Å². The first-order valence-corrected chi connectivity index (χ1v) is 11.5. The van der Waals surface area contributed by atoms with Crippen molar-refractivity contribution in [3.05, 3.63) is 88.7 Å². The van der Waals surface area contributed by atoms with Gasteiger partial charge in [-0.25, -0.2) is 0 Å². The number of rotatable bonds is 7. The van der Waals surface area contributed by atoms with E-state index in [4.69, 9.17) is 23.2 Å².